The average molecular weight is 715 g/mol. The molecule has 0 spiro atoms. The Morgan fingerprint density at radius 2 is 1.43 bits per heavy atom. The van der Waals surface area contributed by atoms with E-state index in [1.54, 1.807) is 57.2 Å². The van der Waals surface area contributed by atoms with E-state index in [0.29, 0.717) is 17.1 Å². The van der Waals surface area contributed by atoms with Gasteiger partial charge in [-0.25, -0.2) is 4.79 Å². The first-order valence-electron chi connectivity index (χ1n) is 15.9. The van der Waals surface area contributed by atoms with E-state index < -0.39 is 65.3 Å². The van der Waals surface area contributed by atoms with Gasteiger partial charge in [0.25, 0.3) is 11.7 Å². The van der Waals surface area contributed by atoms with Crippen LogP contribution < -0.4 is 25.4 Å². The Morgan fingerprint density at radius 1 is 0.804 bits per heavy atom. The van der Waals surface area contributed by atoms with Crippen LogP contribution in [0.25, 0.3) is 0 Å². The van der Waals surface area contributed by atoms with Crippen molar-refractivity contribution < 1.29 is 51.4 Å². The minimum atomic E-state index is -5.22. The van der Waals surface area contributed by atoms with E-state index in [2.05, 4.69) is 20.9 Å². The highest BCUT2D eigenvalue weighted by Crippen LogP contribution is 2.24. The van der Waals surface area contributed by atoms with E-state index in [1.165, 1.54) is 57.5 Å². The summed E-state index contributed by atoms with van der Waals surface area (Å²) in [6.07, 6.45) is -3.95. The number of alkyl halides is 3. The molecule has 1 aromatic heterocycles. The molecule has 3 atom stereocenters. The molecule has 274 valence electrons. The summed E-state index contributed by atoms with van der Waals surface area (Å²) in [5, 5.41) is 7.30. The van der Waals surface area contributed by atoms with Gasteiger partial charge in [-0.3, -0.25) is 24.2 Å². The molecule has 3 amide bonds. The number of hydrogen-bond donors (Lipinski definition) is 3. The molecule has 51 heavy (non-hydrogen) atoms. The molecule has 1 heterocycles. The average Bonchev–Trinajstić information content (AvgIpc) is 3.07. The topological polar surface area (TPSA) is 162 Å². The molecule has 0 bridgehead atoms. The van der Waals surface area contributed by atoms with Crippen molar-refractivity contribution in [2.75, 3.05) is 13.7 Å². The van der Waals surface area contributed by atoms with Crippen LogP contribution in [0.15, 0.2) is 72.9 Å². The number of pyridine rings is 1. The fourth-order valence-electron chi connectivity index (χ4n) is 4.70. The molecule has 0 unspecified atom stereocenters. The molecule has 3 aromatic rings. The Balaban J connectivity index is 1.91. The van der Waals surface area contributed by atoms with Gasteiger partial charge >= 0.3 is 12.1 Å². The van der Waals surface area contributed by atoms with Gasteiger partial charge in [-0.1, -0.05) is 44.2 Å². The number of esters is 1. The summed E-state index contributed by atoms with van der Waals surface area (Å²) < 4.78 is 56.1. The second-order valence-electron chi connectivity index (χ2n) is 12.8. The van der Waals surface area contributed by atoms with Crippen LogP contribution in [0.1, 0.15) is 62.3 Å². The van der Waals surface area contributed by atoms with Crippen molar-refractivity contribution in [3.8, 4) is 11.5 Å². The first-order chi connectivity index (χ1) is 23.9. The van der Waals surface area contributed by atoms with E-state index in [-0.39, 0.29) is 24.3 Å². The molecular formula is C36H41F3N4O8. The molecule has 15 heteroatoms. The SMILES string of the molecule is COc1ccc([C@H](NC(=O)[C@H](Cc2ccc(OCC(=O)OC(C)(C)C)cc2)NC(=O)c2ccccn2)C(=O)N[C@H](C(=O)C(F)(F)F)C(C)C)cc1. The third-order valence-electron chi connectivity index (χ3n) is 7.18. The lowest BCUT2D eigenvalue weighted by molar-refractivity contribution is -0.175. The van der Waals surface area contributed by atoms with Crippen LogP contribution in [0.3, 0.4) is 0 Å². The van der Waals surface area contributed by atoms with Crippen molar-refractivity contribution in [2.24, 2.45) is 5.92 Å². The van der Waals surface area contributed by atoms with Crippen molar-refractivity contribution in [3.63, 3.8) is 0 Å². The van der Waals surface area contributed by atoms with Crippen molar-refractivity contribution in [3.05, 3.63) is 89.7 Å². The minimum absolute atomic E-state index is 0.00363. The zero-order valence-electron chi connectivity index (χ0n) is 29.0. The summed E-state index contributed by atoms with van der Waals surface area (Å²) in [5.41, 5.74) is -0.00771. The molecule has 3 N–H and O–H groups in total. The lowest BCUT2D eigenvalue weighted by Crippen LogP contribution is -2.55. The van der Waals surface area contributed by atoms with Crippen molar-refractivity contribution in [2.45, 2.75) is 70.9 Å². The van der Waals surface area contributed by atoms with Crippen LogP contribution in [-0.4, -0.2) is 72.0 Å². The number of aromatic nitrogens is 1. The number of Topliss-reactive ketones (excluding diaryl/α,β-unsaturated/α-hetero) is 1. The maximum atomic E-state index is 13.9. The normalized spacial score (nSPS) is 13.3. The number of rotatable bonds is 15. The van der Waals surface area contributed by atoms with Gasteiger partial charge in [0, 0.05) is 12.6 Å². The van der Waals surface area contributed by atoms with Gasteiger partial charge in [0.05, 0.1) is 13.2 Å². The monoisotopic (exact) mass is 714 g/mol. The number of ketones is 1. The van der Waals surface area contributed by atoms with Crippen LogP contribution in [0.2, 0.25) is 0 Å². The summed E-state index contributed by atoms with van der Waals surface area (Å²) in [6.45, 7) is 7.51. The second kappa shape index (κ2) is 17.5. The largest absolute Gasteiger partial charge is 0.497 e. The van der Waals surface area contributed by atoms with E-state index in [0.717, 1.165) is 0 Å². The van der Waals surface area contributed by atoms with Gasteiger partial charge in [-0.2, -0.15) is 13.2 Å². The standard InChI is InChI=1S/C36H41F3N4O8/c1-21(2)29(31(45)36(37,38)39)42-34(48)30(23-12-16-24(49-6)17-13-23)43-33(47)27(41-32(46)26-9-7-8-18-40-26)19-22-10-14-25(15-11-22)50-20-28(44)51-35(3,4)5/h7-18,21,27,29-30H,19-20H2,1-6H3,(H,41,46)(H,42,48)(H,43,47)/t27-,29-,30-/m0/s1. The molecule has 2 aromatic carbocycles. The molecule has 0 saturated heterocycles. The first-order valence-corrected chi connectivity index (χ1v) is 15.9. The number of halogens is 3. The predicted molar refractivity (Wildman–Crippen MR) is 179 cm³/mol. The lowest BCUT2D eigenvalue weighted by atomic mass is 9.97. The number of hydrogen-bond acceptors (Lipinski definition) is 9. The Morgan fingerprint density at radius 3 is 1.96 bits per heavy atom. The number of methoxy groups -OCH3 is 1. The molecule has 12 nitrogen and oxygen atoms in total. The maximum absolute atomic E-state index is 13.9. The number of nitrogens with zero attached hydrogens (tertiary/aromatic N) is 1. The summed E-state index contributed by atoms with van der Waals surface area (Å²) in [4.78, 5) is 68.9. The van der Waals surface area contributed by atoms with E-state index >= 15 is 0 Å². The highest BCUT2D eigenvalue weighted by molar-refractivity contribution is 5.98. The predicted octanol–water partition coefficient (Wildman–Crippen LogP) is 4.28. The van der Waals surface area contributed by atoms with Crippen LogP contribution in [-0.2, 0) is 30.3 Å². The van der Waals surface area contributed by atoms with Gasteiger partial charge in [-0.05, 0) is 74.2 Å². The third kappa shape index (κ3) is 12.4. The van der Waals surface area contributed by atoms with Gasteiger partial charge in [0.1, 0.15) is 34.9 Å². The number of benzene rings is 2. The first kappa shape index (κ1) is 40.0. The number of carbonyl (C=O) groups excluding carboxylic acids is 5. The fraction of sp³-hybridized carbons (Fsp3) is 0.389. The molecule has 0 aliphatic carbocycles. The summed E-state index contributed by atoms with van der Waals surface area (Å²) in [5.74, 6) is -5.62. The van der Waals surface area contributed by atoms with Crippen LogP contribution in [0.5, 0.6) is 11.5 Å². The Hall–Kier alpha value is -5.47. The van der Waals surface area contributed by atoms with Crippen LogP contribution >= 0.6 is 0 Å². The summed E-state index contributed by atoms with van der Waals surface area (Å²) in [7, 11) is 1.41. The zero-order valence-corrected chi connectivity index (χ0v) is 29.0. The second-order valence-corrected chi connectivity index (χ2v) is 12.8. The summed E-state index contributed by atoms with van der Waals surface area (Å²) in [6, 6.07) is 11.8. The highest BCUT2D eigenvalue weighted by Gasteiger charge is 2.45. The Kier molecular flexibility index (Phi) is 13.7. The van der Waals surface area contributed by atoms with Gasteiger partial charge in [-0.15, -0.1) is 0 Å². The Bertz CT molecular complexity index is 1660. The number of amides is 3. The lowest BCUT2D eigenvalue weighted by Gasteiger charge is -2.27. The molecule has 0 aliphatic heterocycles. The van der Waals surface area contributed by atoms with Crippen LogP contribution in [0, 0.1) is 5.92 Å². The fourth-order valence-corrected chi connectivity index (χ4v) is 4.70. The van der Waals surface area contributed by atoms with E-state index in [1.807, 2.05) is 0 Å². The zero-order chi connectivity index (χ0) is 37.9. The maximum Gasteiger partial charge on any atom is 0.452 e. The minimum Gasteiger partial charge on any atom is -0.497 e. The Labute approximate surface area is 293 Å². The number of ether oxygens (including phenoxy) is 3. The molecular weight excluding hydrogens is 673 g/mol. The van der Waals surface area contributed by atoms with Gasteiger partial charge < -0.3 is 30.2 Å². The quantitative estimate of drug-likeness (QED) is 0.195. The number of nitrogens with one attached hydrogen (secondary N) is 3. The van der Waals surface area contributed by atoms with Crippen molar-refractivity contribution >= 4 is 29.5 Å². The smallest absolute Gasteiger partial charge is 0.452 e. The molecule has 0 aliphatic rings. The molecule has 3 rings (SSSR count). The van der Waals surface area contributed by atoms with Crippen LogP contribution in [0.4, 0.5) is 13.2 Å². The molecule has 0 radical (unpaired) electrons. The van der Waals surface area contributed by atoms with Crippen molar-refractivity contribution in [1.29, 1.82) is 0 Å². The van der Waals surface area contributed by atoms with E-state index in [9.17, 15) is 37.1 Å². The summed E-state index contributed by atoms with van der Waals surface area (Å²) >= 11 is 0. The number of carbonyl (C=O) groups is 5. The molecule has 0 saturated carbocycles. The van der Waals surface area contributed by atoms with E-state index in [4.69, 9.17) is 14.2 Å². The van der Waals surface area contributed by atoms with Crippen molar-refractivity contribution in [1.82, 2.24) is 20.9 Å². The van der Waals surface area contributed by atoms with Gasteiger partial charge in [0.15, 0.2) is 6.61 Å². The highest BCUT2D eigenvalue weighted by atomic mass is 19.4. The molecule has 0 fully saturated rings. The third-order valence-corrected chi connectivity index (χ3v) is 7.18. The van der Waals surface area contributed by atoms with Gasteiger partial charge in [0.2, 0.25) is 11.8 Å².